The Labute approximate surface area is 75.5 Å². The summed E-state index contributed by atoms with van der Waals surface area (Å²) in [7, 11) is 0. The Balaban J connectivity index is 2.65. The van der Waals surface area contributed by atoms with Crippen LogP contribution in [0, 0.1) is 6.42 Å². The van der Waals surface area contributed by atoms with Crippen LogP contribution in [-0.2, 0) is 9.53 Å². The predicted molar refractivity (Wildman–Crippen MR) is 44.6 cm³/mol. The summed E-state index contributed by atoms with van der Waals surface area (Å²) in [5.74, 6) is -1.34. The van der Waals surface area contributed by atoms with E-state index in [0.29, 0.717) is 0 Å². The van der Waals surface area contributed by atoms with Gasteiger partial charge in [-0.25, -0.2) is 4.79 Å². The second kappa shape index (κ2) is 4.35. The molecule has 0 aliphatic heterocycles. The number of hydrogen-bond acceptors (Lipinski definition) is 4. The van der Waals surface area contributed by atoms with E-state index in [0.717, 1.165) is 0 Å². The average Bonchev–Trinajstić information content (AvgIpc) is 2.19. The molecule has 0 aliphatic carbocycles. The van der Waals surface area contributed by atoms with Gasteiger partial charge < -0.3 is 4.74 Å². The van der Waals surface area contributed by atoms with Crippen molar-refractivity contribution in [3.63, 3.8) is 0 Å². The molecule has 1 aromatic heterocycles. The zero-order valence-corrected chi connectivity index (χ0v) is 7.06. The summed E-state index contributed by atoms with van der Waals surface area (Å²) in [6, 6.07) is 3.12. The number of esters is 2. The number of carbonyl (C=O) groups excluding carboxylic acids is 2. The van der Waals surface area contributed by atoms with E-state index in [1.807, 2.05) is 0 Å². The lowest BCUT2D eigenvalue weighted by Crippen LogP contribution is -2.11. The van der Waals surface area contributed by atoms with Crippen LogP contribution in [0.2, 0.25) is 0 Å². The summed E-state index contributed by atoms with van der Waals surface area (Å²) in [5, 5.41) is 0. The van der Waals surface area contributed by atoms with E-state index >= 15 is 0 Å². The highest BCUT2D eigenvalue weighted by Gasteiger charge is 2.10. The fourth-order valence-electron chi connectivity index (χ4n) is 0.693. The molecule has 13 heavy (non-hydrogen) atoms. The summed E-state index contributed by atoms with van der Waals surface area (Å²) < 4.78 is 4.41. The van der Waals surface area contributed by atoms with Crippen molar-refractivity contribution in [2.75, 3.05) is 0 Å². The van der Waals surface area contributed by atoms with E-state index in [-0.39, 0.29) is 5.56 Å². The molecule has 0 bridgehead atoms. The number of hydrogen-bond donors (Lipinski definition) is 0. The average molecular weight is 178 g/mol. The first-order chi connectivity index (χ1) is 6.24. The van der Waals surface area contributed by atoms with E-state index < -0.39 is 11.9 Å². The van der Waals surface area contributed by atoms with Crippen molar-refractivity contribution < 1.29 is 14.3 Å². The minimum absolute atomic E-state index is 0.262. The van der Waals surface area contributed by atoms with E-state index in [4.69, 9.17) is 0 Å². The van der Waals surface area contributed by atoms with Crippen LogP contribution >= 0.6 is 0 Å². The number of aromatic nitrogens is 1. The Kier molecular flexibility index (Phi) is 3.14. The molecule has 0 unspecified atom stereocenters. The summed E-state index contributed by atoms with van der Waals surface area (Å²) in [4.78, 5) is 25.5. The van der Waals surface area contributed by atoms with Crippen LogP contribution < -0.4 is 0 Å². The number of nitrogens with zero attached hydrogens (tertiary/aromatic N) is 1. The normalized spacial score (nSPS) is 9.31. The molecule has 67 valence electrons. The topological polar surface area (TPSA) is 56.3 Å². The first kappa shape index (κ1) is 9.38. The molecule has 0 spiro atoms. The van der Waals surface area contributed by atoms with Gasteiger partial charge in [0.1, 0.15) is 0 Å². The third kappa shape index (κ3) is 2.66. The van der Waals surface area contributed by atoms with Crippen molar-refractivity contribution >= 4 is 11.9 Å². The lowest BCUT2D eigenvalue weighted by molar-refractivity contribution is -0.133. The van der Waals surface area contributed by atoms with Gasteiger partial charge in [0, 0.05) is 12.4 Å². The molecular weight excluding hydrogens is 170 g/mol. The molecule has 1 rings (SSSR count). The van der Waals surface area contributed by atoms with Crippen LogP contribution in [0.15, 0.2) is 24.5 Å². The Bertz CT molecular complexity index is 308. The molecule has 0 saturated carbocycles. The molecule has 1 aromatic rings. The zero-order chi connectivity index (χ0) is 9.68. The number of rotatable bonds is 2. The maximum atomic E-state index is 11.1. The highest BCUT2D eigenvalue weighted by atomic mass is 16.6. The summed E-state index contributed by atoms with van der Waals surface area (Å²) in [5.41, 5.74) is 0.262. The maximum Gasteiger partial charge on any atom is 0.347 e. The van der Waals surface area contributed by atoms with Gasteiger partial charge in [-0.2, -0.15) is 0 Å². The van der Waals surface area contributed by atoms with Gasteiger partial charge in [0.2, 0.25) is 0 Å². The van der Waals surface area contributed by atoms with Gasteiger partial charge in [0.05, 0.1) is 12.0 Å². The molecule has 0 atom stereocenters. The highest BCUT2D eigenvalue weighted by molar-refractivity contribution is 5.98. The molecule has 4 heteroatoms. The molecule has 0 N–H and O–H groups in total. The lowest BCUT2D eigenvalue weighted by atomic mass is 10.3. The van der Waals surface area contributed by atoms with E-state index in [1.54, 1.807) is 6.07 Å². The predicted octanol–water partition coefficient (Wildman–Crippen LogP) is 0.989. The van der Waals surface area contributed by atoms with Gasteiger partial charge in [-0.05, 0) is 12.1 Å². The van der Waals surface area contributed by atoms with Crippen molar-refractivity contribution in [3.8, 4) is 0 Å². The van der Waals surface area contributed by atoms with Gasteiger partial charge in [0.15, 0.2) is 0 Å². The molecule has 4 nitrogen and oxygen atoms in total. The second-order valence-electron chi connectivity index (χ2n) is 2.24. The number of carbonyl (C=O) groups is 2. The summed E-state index contributed by atoms with van der Waals surface area (Å²) in [6.45, 7) is 1.50. The Morgan fingerprint density at radius 2 is 2.31 bits per heavy atom. The van der Waals surface area contributed by atoms with E-state index in [2.05, 4.69) is 9.72 Å². The van der Waals surface area contributed by atoms with Gasteiger partial charge in [-0.15, -0.1) is 0 Å². The molecular formula is C9H8NO3. The van der Waals surface area contributed by atoms with Crippen LogP contribution in [0.25, 0.3) is 0 Å². The van der Waals surface area contributed by atoms with Crippen molar-refractivity contribution in [3.05, 3.63) is 36.5 Å². The third-order valence-electron chi connectivity index (χ3n) is 1.33. The Morgan fingerprint density at radius 3 is 2.85 bits per heavy atom. The van der Waals surface area contributed by atoms with Crippen molar-refractivity contribution in [2.45, 2.75) is 6.92 Å². The van der Waals surface area contributed by atoms with E-state index in [1.165, 1.54) is 31.8 Å². The molecule has 0 aliphatic rings. The van der Waals surface area contributed by atoms with Crippen LogP contribution in [0.1, 0.15) is 17.3 Å². The smallest absolute Gasteiger partial charge is 0.347 e. The quantitative estimate of drug-likeness (QED) is 0.500. The minimum Gasteiger partial charge on any atom is -0.389 e. The standard InChI is InChI=1S/C9H8NO3/c1-2-8(11)13-9(12)7-4-3-5-10-6-7/h2-6H,1H3. The molecule has 1 radical (unpaired) electrons. The number of pyridine rings is 1. The zero-order valence-electron chi connectivity index (χ0n) is 7.06. The molecule has 0 amide bonds. The molecule has 1 heterocycles. The van der Waals surface area contributed by atoms with Crippen LogP contribution in [0.4, 0.5) is 0 Å². The van der Waals surface area contributed by atoms with Gasteiger partial charge in [0.25, 0.3) is 0 Å². The van der Waals surface area contributed by atoms with Crippen LogP contribution in [0.5, 0.6) is 0 Å². The number of ether oxygens (including phenoxy) is 1. The Morgan fingerprint density at radius 1 is 1.54 bits per heavy atom. The summed E-state index contributed by atoms with van der Waals surface area (Å²) >= 11 is 0. The molecule has 0 saturated heterocycles. The fraction of sp³-hybridized carbons (Fsp3) is 0.111. The first-order valence-electron chi connectivity index (χ1n) is 3.69. The van der Waals surface area contributed by atoms with Crippen LogP contribution in [-0.4, -0.2) is 16.9 Å². The van der Waals surface area contributed by atoms with Crippen LogP contribution in [0.3, 0.4) is 0 Å². The first-order valence-corrected chi connectivity index (χ1v) is 3.69. The molecule has 0 fully saturated rings. The minimum atomic E-state index is -0.684. The summed E-state index contributed by atoms with van der Waals surface area (Å²) in [6.07, 6.45) is 4.05. The Hall–Kier alpha value is -1.71. The lowest BCUT2D eigenvalue weighted by Gasteiger charge is -1.99. The fourth-order valence-corrected chi connectivity index (χ4v) is 0.693. The third-order valence-corrected chi connectivity index (χ3v) is 1.33. The van der Waals surface area contributed by atoms with Crippen molar-refractivity contribution in [1.82, 2.24) is 4.98 Å². The van der Waals surface area contributed by atoms with Gasteiger partial charge in [-0.1, -0.05) is 6.92 Å². The highest BCUT2D eigenvalue weighted by Crippen LogP contribution is 1.99. The SMILES string of the molecule is C[CH]C(=O)OC(=O)c1cccnc1. The second-order valence-corrected chi connectivity index (χ2v) is 2.24. The van der Waals surface area contributed by atoms with E-state index in [9.17, 15) is 9.59 Å². The van der Waals surface area contributed by atoms with Gasteiger partial charge >= 0.3 is 11.9 Å². The largest absolute Gasteiger partial charge is 0.389 e. The maximum absolute atomic E-state index is 11.1. The van der Waals surface area contributed by atoms with Crippen molar-refractivity contribution in [2.24, 2.45) is 0 Å². The van der Waals surface area contributed by atoms with Crippen molar-refractivity contribution in [1.29, 1.82) is 0 Å². The van der Waals surface area contributed by atoms with Gasteiger partial charge in [-0.3, -0.25) is 9.78 Å². The molecule has 0 aromatic carbocycles. The monoisotopic (exact) mass is 178 g/mol.